The van der Waals surface area contributed by atoms with Crippen molar-refractivity contribution in [3.05, 3.63) is 32.9 Å². The molecular weight excluding hydrogens is 338 g/mol. The van der Waals surface area contributed by atoms with E-state index in [0.29, 0.717) is 18.1 Å². The van der Waals surface area contributed by atoms with E-state index in [1.165, 1.54) is 0 Å². The fourth-order valence-electron chi connectivity index (χ4n) is 1.43. The Hall–Kier alpha value is -0.290. The van der Waals surface area contributed by atoms with Gasteiger partial charge in [0.05, 0.1) is 12.2 Å². The van der Waals surface area contributed by atoms with Crippen LogP contribution >= 0.6 is 34.2 Å². The fourth-order valence-corrected chi connectivity index (χ4v) is 2.12. The molecule has 0 aliphatic carbocycles. The summed E-state index contributed by atoms with van der Waals surface area (Å²) < 4.78 is 6.13. The van der Waals surface area contributed by atoms with Gasteiger partial charge >= 0.3 is 5.97 Å². The van der Waals surface area contributed by atoms with Crippen LogP contribution in [-0.4, -0.2) is 18.5 Å². The number of hydrogen-bond acceptors (Lipinski definition) is 2. The number of aryl methyl sites for hydroxylation is 1. The van der Waals surface area contributed by atoms with Crippen LogP contribution in [0.15, 0.2) is 18.2 Å². The van der Waals surface area contributed by atoms with E-state index in [1.807, 2.05) is 25.1 Å². The molecule has 0 aromatic heterocycles. The minimum atomic E-state index is -0.247. The maximum Gasteiger partial charge on any atom is 0.338 e. The molecule has 0 radical (unpaired) electrons. The first kappa shape index (κ1) is 13.8. The first-order valence-corrected chi connectivity index (χ1v) is 6.82. The molecule has 0 atom stereocenters. The second-order valence-corrected chi connectivity index (χ2v) is 4.94. The largest absolute Gasteiger partial charge is 0.462 e. The highest BCUT2D eigenvalue weighted by molar-refractivity contribution is 14.1. The zero-order valence-corrected chi connectivity index (χ0v) is 12.0. The first-order chi connectivity index (χ1) is 7.69. The number of esters is 1. The minimum Gasteiger partial charge on any atom is -0.462 e. The number of carbonyl (C=O) groups excluding carboxylic acids is 1. The van der Waals surface area contributed by atoms with Crippen molar-refractivity contribution in [2.24, 2.45) is 0 Å². The highest BCUT2D eigenvalue weighted by Crippen LogP contribution is 2.17. The third-order valence-electron chi connectivity index (χ3n) is 2.14. The van der Waals surface area contributed by atoms with Gasteiger partial charge in [-0.15, -0.1) is 11.6 Å². The molecule has 88 valence electrons. The first-order valence-electron chi connectivity index (χ1n) is 5.20. The minimum absolute atomic E-state index is 0.247. The number of ether oxygens (including phenoxy) is 1. The average molecular weight is 353 g/mol. The van der Waals surface area contributed by atoms with Crippen LogP contribution in [0.4, 0.5) is 0 Å². The Labute approximate surface area is 114 Å². The van der Waals surface area contributed by atoms with Gasteiger partial charge in [-0.1, -0.05) is 0 Å². The molecule has 0 saturated heterocycles. The summed E-state index contributed by atoms with van der Waals surface area (Å²) >= 11 is 7.90. The molecule has 2 nitrogen and oxygen atoms in total. The molecule has 0 spiro atoms. The lowest BCUT2D eigenvalue weighted by atomic mass is 10.0. The Morgan fingerprint density at radius 3 is 2.88 bits per heavy atom. The zero-order valence-electron chi connectivity index (χ0n) is 9.13. The number of alkyl halides is 1. The molecule has 16 heavy (non-hydrogen) atoms. The average Bonchev–Trinajstić information content (AvgIpc) is 2.26. The van der Waals surface area contributed by atoms with Crippen molar-refractivity contribution in [3.8, 4) is 0 Å². The van der Waals surface area contributed by atoms with E-state index in [1.54, 1.807) is 0 Å². The maximum atomic E-state index is 11.7. The lowest BCUT2D eigenvalue weighted by Crippen LogP contribution is -2.08. The van der Waals surface area contributed by atoms with Crippen LogP contribution in [0.2, 0.25) is 0 Å². The van der Waals surface area contributed by atoms with E-state index in [2.05, 4.69) is 22.6 Å². The van der Waals surface area contributed by atoms with E-state index in [4.69, 9.17) is 16.3 Å². The molecule has 0 unspecified atom stereocenters. The molecule has 1 aromatic rings. The quantitative estimate of drug-likeness (QED) is 0.459. The van der Waals surface area contributed by atoms with Crippen LogP contribution in [0.5, 0.6) is 0 Å². The molecule has 1 rings (SSSR count). The molecule has 0 amide bonds. The third-order valence-corrected chi connectivity index (χ3v) is 3.08. The summed E-state index contributed by atoms with van der Waals surface area (Å²) in [5.41, 5.74) is 1.68. The van der Waals surface area contributed by atoms with Gasteiger partial charge in [0.25, 0.3) is 0 Å². The van der Waals surface area contributed by atoms with Gasteiger partial charge in [0.2, 0.25) is 0 Å². The van der Waals surface area contributed by atoms with Crippen LogP contribution in [0.25, 0.3) is 0 Å². The Morgan fingerprint density at radius 2 is 2.25 bits per heavy atom. The molecule has 1 aromatic carbocycles. The fraction of sp³-hybridized carbons (Fsp3) is 0.417. The van der Waals surface area contributed by atoms with E-state index in [-0.39, 0.29) is 5.97 Å². The van der Waals surface area contributed by atoms with Gasteiger partial charge in [-0.3, -0.25) is 0 Å². The monoisotopic (exact) mass is 352 g/mol. The number of hydrogen-bond donors (Lipinski definition) is 0. The standard InChI is InChI=1S/C12H14ClIO2/c1-2-16-12(15)11-6-5-10(14)8-9(11)4-3-7-13/h5-6,8H,2-4,7H2,1H3. The molecule has 0 heterocycles. The second kappa shape index (κ2) is 7.12. The van der Waals surface area contributed by atoms with Gasteiger partial charge in [-0.2, -0.15) is 0 Å². The summed E-state index contributed by atoms with van der Waals surface area (Å²) in [4.78, 5) is 11.7. The van der Waals surface area contributed by atoms with Gasteiger partial charge in [-0.25, -0.2) is 4.79 Å². The van der Waals surface area contributed by atoms with Crippen LogP contribution in [0.3, 0.4) is 0 Å². The molecule has 0 aliphatic rings. The summed E-state index contributed by atoms with van der Waals surface area (Å²) in [6.07, 6.45) is 1.68. The topological polar surface area (TPSA) is 26.3 Å². The smallest absolute Gasteiger partial charge is 0.338 e. The summed E-state index contributed by atoms with van der Waals surface area (Å²) in [5, 5.41) is 0. The molecule has 0 N–H and O–H groups in total. The summed E-state index contributed by atoms with van der Waals surface area (Å²) in [7, 11) is 0. The summed E-state index contributed by atoms with van der Waals surface area (Å²) in [5.74, 6) is 0.358. The van der Waals surface area contributed by atoms with Crippen LogP contribution in [0.1, 0.15) is 29.3 Å². The summed E-state index contributed by atoms with van der Waals surface area (Å²) in [6, 6.07) is 5.75. The Balaban J connectivity index is 2.92. The Kier molecular flexibility index (Phi) is 6.13. The molecular formula is C12H14ClIO2. The van der Waals surface area contributed by atoms with Crippen molar-refractivity contribution in [1.82, 2.24) is 0 Å². The SMILES string of the molecule is CCOC(=O)c1ccc(I)cc1CCCCl. The van der Waals surface area contributed by atoms with Gasteiger partial charge in [0.15, 0.2) is 0 Å². The van der Waals surface area contributed by atoms with E-state index in [9.17, 15) is 4.79 Å². The second-order valence-electron chi connectivity index (χ2n) is 3.31. The van der Waals surface area contributed by atoms with Crippen molar-refractivity contribution in [3.63, 3.8) is 0 Å². The lowest BCUT2D eigenvalue weighted by molar-refractivity contribution is 0.0525. The zero-order chi connectivity index (χ0) is 12.0. The van der Waals surface area contributed by atoms with Gasteiger partial charge in [-0.05, 0) is 66.1 Å². The van der Waals surface area contributed by atoms with Crippen molar-refractivity contribution in [2.75, 3.05) is 12.5 Å². The third kappa shape index (κ3) is 3.94. The number of benzene rings is 1. The molecule has 0 bridgehead atoms. The number of rotatable bonds is 5. The predicted octanol–water partition coefficient (Wildman–Crippen LogP) is 3.64. The van der Waals surface area contributed by atoms with Crippen LogP contribution in [-0.2, 0) is 11.2 Å². The molecule has 0 fully saturated rings. The molecule has 0 aliphatic heterocycles. The van der Waals surface area contributed by atoms with E-state index in [0.717, 1.165) is 22.0 Å². The molecule has 0 saturated carbocycles. The van der Waals surface area contributed by atoms with Crippen molar-refractivity contribution < 1.29 is 9.53 Å². The molecule has 4 heteroatoms. The normalized spacial score (nSPS) is 10.2. The van der Waals surface area contributed by atoms with Gasteiger partial charge in [0.1, 0.15) is 0 Å². The van der Waals surface area contributed by atoms with Crippen molar-refractivity contribution in [2.45, 2.75) is 19.8 Å². The van der Waals surface area contributed by atoms with E-state index < -0.39 is 0 Å². The Bertz CT molecular complexity index is 366. The van der Waals surface area contributed by atoms with Gasteiger partial charge < -0.3 is 4.74 Å². The number of carbonyl (C=O) groups is 1. The van der Waals surface area contributed by atoms with Crippen LogP contribution < -0.4 is 0 Å². The van der Waals surface area contributed by atoms with E-state index >= 15 is 0 Å². The number of halogens is 2. The van der Waals surface area contributed by atoms with Gasteiger partial charge in [0, 0.05) is 9.45 Å². The lowest BCUT2D eigenvalue weighted by Gasteiger charge is -2.08. The predicted molar refractivity (Wildman–Crippen MR) is 74.2 cm³/mol. The highest BCUT2D eigenvalue weighted by Gasteiger charge is 2.12. The van der Waals surface area contributed by atoms with Crippen molar-refractivity contribution in [1.29, 1.82) is 0 Å². The highest BCUT2D eigenvalue weighted by atomic mass is 127. The Morgan fingerprint density at radius 1 is 1.50 bits per heavy atom. The van der Waals surface area contributed by atoms with Crippen LogP contribution in [0, 0.1) is 3.57 Å². The summed E-state index contributed by atoms with van der Waals surface area (Å²) in [6.45, 7) is 2.21. The maximum absolute atomic E-state index is 11.7. The van der Waals surface area contributed by atoms with Crippen molar-refractivity contribution >= 4 is 40.2 Å².